The standard InChI is InChI=1S/C21H22Cl2N4O3S/c1-26-8-10-27(11-9-26)20(29)14-6-7-15(22)17(12-14)24-21(31)25-19(28)13-30-18-5-3-2-4-16(18)23/h2-7,12H,8-11,13H2,1H3,(H2,24,25,28,31). The highest BCUT2D eigenvalue weighted by Gasteiger charge is 2.21. The lowest BCUT2D eigenvalue weighted by Gasteiger charge is -2.32. The number of carbonyl (C=O) groups excluding carboxylic acids is 2. The molecule has 2 amide bonds. The number of halogens is 2. The fourth-order valence-corrected chi connectivity index (χ4v) is 3.55. The first kappa shape index (κ1) is 23.3. The zero-order valence-corrected chi connectivity index (χ0v) is 19.2. The van der Waals surface area contributed by atoms with E-state index in [9.17, 15) is 9.59 Å². The van der Waals surface area contributed by atoms with E-state index in [-0.39, 0.29) is 17.6 Å². The summed E-state index contributed by atoms with van der Waals surface area (Å²) in [6.07, 6.45) is 0. The molecule has 2 N–H and O–H groups in total. The molecule has 2 aromatic rings. The Labute approximate surface area is 196 Å². The number of anilines is 1. The number of rotatable bonds is 5. The van der Waals surface area contributed by atoms with Crippen LogP contribution in [0.15, 0.2) is 42.5 Å². The predicted octanol–water partition coefficient (Wildman–Crippen LogP) is 3.27. The number of benzene rings is 2. The van der Waals surface area contributed by atoms with Gasteiger partial charge in [0.25, 0.3) is 11.8 Å². The summed E-state index contributed by atoms with van der Waals surface area (Å²) in [5, 5.41) is 6.20. The molecule has 31 heavy (non-hydrogen) atoms. The molecule has 0 saturated carbocycles. The van der Waals surface area contributed by atoms with Crippen LogP contribution in [0.4, 0.5) is 5.69 Å². The van der Waals surface area contributed by atoms with Crippen molar-refractivity contribution in [2.75, 3.05) is 45.2 Å². The first-order valence-electron chi connectivity index (χ1n) is 9.59. The van der Waals surface area contributed by atoms with Crippen LogP contribution in [0.25, 0.3) is 0 Å². The van der Waals surface area contributed by atoms with Crippen molar-refractivity contribution >= 4 is 58.0 Å². The number of likely N-dealkylation sites (N-methyl/N-ethyl adjacent to an activating group) is 1. The highest BCUT2D eigenvalue weighted by atomic mass is 35.5. The predicted molar refractivity (Wildman–Crippen MR) is 126 cm³/mol. The molecule has 3 rings (SSSR count). The average Bonchev–Trinajstić information content (AvgIpc) is 2.74. The number of thiocarbonyl (C=S) groups is 1. The van der Waals surface area contributed by atoms with Crippen molar-refractivity contribution in [3.8, 4) is 5.75 Å². The number of para-hydroxylation sites is 1. The lowest BCUT2D eigenvalue weighted by atomic mass is 10.1. The Balaban J connectivity index is 1.56. The molecule has 1 saturated heterocycles. The van der Waals surface area contributed by atoms with E-state index < -0.39 is 5.91 Å². The van der Waals surface area contributed by atoms with Crippen molar-refractivity contribution < 1.29 is 14.3 Å². The van der Waals surface area contributed by atoms with Crippen LogP contribution < -0.4 is 15.4 Å². The number of carbonyl (C=O) groups is 2. The number of nitrogens with one attached hydrogen (secondary N) is 2. The zero-order valence-electron chi connectivity index (χ0n) is 16.9. The Bertz CT molecular complexity index is 981. The number of ether oxygens (including phenoxy) is 1. The molecule has 10 heteroatoms. The average molecular weight is 481 g/mol. The summed E-state index contributed by atoms with van der Waals surface area (Å²) in [6, 6.07) is 11.8. The van der Waals surface area contributed by atoms with Gasteiger partial charge in [0.05, 0.1) is 15.7 Å². The summed E-state index contributed by atoms with van der Waals surface area (Å²) in [5.41, 5.74) is 0.923. The third-order valence-electron chi connectivity index (χ3n) is 4.70. The molecule has 0 aliphatic carbocycles. The largest absolute Gasteiger partial charge is 0.482 e. The summed E-state index contributed by atoms with van der Waals surface area (Å²) in [4.78, 5) is 28.9. The maximum absolute atomic E-state index is 12.8. The minimum absolute atomic E-state index is 0.0406. The fraction of sp³-hybridized carbons (Fsp3) is 0.286. The van der Waals surface area contributed by atoms with E-state index in [4.69, 9.17) is 40.2 Å². The summed E-state index contributed by atoms with van der Waals surface area (Å²) in [7, 11) is 2.03. The van der Waals surface area contributed by atoms with Gasteiger partial charge in [-0.2, -0.15) is 0 Å². The van der Waals surface area contributed by atoms with Crippen molar-refractivity contribution in [2.24, 2.45) is 0 Å². The van der Waals surface area contributed by atoms with Gasteiger partial charge in [-0.25, -0.2) is 0 Å². The molecule has 1 heterocycles. The van der Waals surface area contributed by atoms with E-state index in [1.165, 1.54) is 0 Å². The highest BCUT2D eigenvalue weighted by Crippen LogP contribution is 2.24. The molecule has 0 radical (unpaired) electrons. The Morgan fingerprint density at radius 3 is 2.48 bits per heavy atom. The maximum Gasteiger partial charge on any atom is 0.264 e. The van der Waals surface area contributed by atoms with Gasteiger partial charge in [0, 0.05) is 31.7 Å². The Morgan fingerprint density at radius 1 is 1.06 bits per heavy atom. The van der Waals surface area contributed by atoms with E-state index in [0.717, 1.165) is 13.1 Å². The molecule has 2 aromatic carbocycles. The van der Waals surface area contributed by atoms with Crippen LogP contribution in [0.2, 0.25) is 10.0 Å². The molecule has 0 aromatic heterocycles. The summed E-state index contributed by atoms with van der Waals surface area (Å²) < 4.78 is 5.39. The molecule has 1 fully saturated rings. The van der Waals surface area contributed by atoms with Crippen molar-refractivity contribution in [3.05, 3.63) is 58.1 Å². The van der Waals surface area contributed by atoms with Crippen LogP contribution in [0.3, 0.4) is 0 Å². The van der Waals surface area contributed by atoms with E-state index in [0.29, 0.717) is 40.1 Å². The molecule has 1 aliphatic rings. The molecule has 1 aliphatic heterocycles. The van der Waals surface area contributed by atoms with Crippen LogP contribution in [0, 0.1) is 0 Å². The maximum atomic E-state index is 12.8. The Hall–Kier alpha value is -2.39. The third kappa shape index (κ3) is 6.54. The molecular formula is C21H22Cl2N4O3S. The van der Waals surface area contributed by atoms with Crippen molar-refractivity contribution in [1.29, 1.82) is 0 Å². The summed E-state index contributed by atoms with van der Waals surface area (Å²) in [6.45, 7) is 2.73. The Morgan fingerprint density at radius 2 is 1.77 bits per heavy atom. The van der Waals surface area contributed by atoms with Crippen molar-refractivity contribution in [3.63, 3.8) is 0 Å². The molecular weight excluding hydrogens is 459 g/mol. The Kier molecular flexibility index (Phi) is 8.09. The second kappa shape index (κ2) is 10.8. The van der Waals surface area contributed by atoms with Crippen molar-refractivity contribution in [2.45, 2.75) is 0 Å². The van der Waals surface area contributed by atoms with Crippen LogP contribution in [-0.2, 0) is 4.79 Å². The van der Waals surface area contributed by atoms with Crippen LogP contribution >= 0.6 is 35.4 Å². The van der Waals surface area contributed by atoms with Crippen LogP contribution in [0.1, 0.15) is 10.4 Å². The van der Waals surface area contributed by atoms with Crippen LogP contribution in [-0.4, -0.2) is 66.6 Å². The number of nitrogens with zero attached hydrogens (tertiary/aromatic N) is 2. The van der Waals surface area contributed by atoms with Gasteiger partial charge in [-0.1, -0.05) is 35.3 Å². The number of hydrogen-bond donors (Lipinski definition) is 2. The number of piperazine rings is 1. The SMILES string of the molecule is CN1CCN(C(=O)c2ccc(Cl)c(NC(=S)NC(=O)COc3ccccc3Cl)c2)CC1. The van der Waals surface area contributed by atoms with E-state index >= 15 is 0 Å². The van der Waals surface area contributed by atoms with Gasteiger partial charge >= 0.3 is 0 Å². The number of hydrogen-bond acceptors (Lipinski definition) is 5. The number of amides is 2. The summed E-state index contributed by atoms with van der Waals surface area (Å²) in [5.74, 6) is -0.134. The third-order valence-corrected chi connectivity index (χ3v) is 5.55. The molecule has 0 spiro atoms. The van der Waals surface area contributed by atoms with Gasteiger partial charge < -0.3 is 19.9 Å². The second-order valence-electron chi connectivity index (χ2n) is 7.01. The van der Waals surface area contributed by atoms with E-state index in [2.05, 4.69) is 15.5 Å². The quantitative estimate of drug-likeness (QED) is 0.639. The van der Waals surface area contributed by atoms with Gasteiger partial charge in [-0.3, -0.25) is 14.9 Å². The minimum atomic E-state index is -0.460. The van der Waals surface area contributed by atoms with Crippen LogP contribution in [0.5, 0.6) is 5.75 Å². The van der Waals surface area contributed by atoms with Crippen molar-refractivity contribution in [1.82, 2.24) is 15.1 Å². The lowest BCUT2D eigenvalue weighted by molar-refractivity contribution is -0.121. The van der Waals surface area contributed by atoms with Gasteiger partial charge in [0.2, 0.25) is 0 Å². The first-order chi connectivity index (χ1) is 14.8. The van der Waals surface area contributed by atoms with E-state index in [1.807, 2.05) is 7.05 Å². The van der Waals surface area contributed by atoms with E-state index in [1.54, 1.807) is 47.4 Å². The lowest BCUT2D eigenvalue weighted by Crippen LogP contribution is -2.47. The molecule has 0 bridgehead atoms. The summed E-state index contributed by atoms with van der Waals surface area (Å²) >= 11 is 17.4. The van der Waals surface area contributed by atoms with Gasteiger partial charge in [0.15, 0.2) is 11.7 Å². The van der Waals surface area contributed by atoms with Gasteiger partial charge in [-0.15, -0.1) is 0 Å². The van der Waals surface area contributed by atoms with Gasteiger partial charge in [-0.05, 0) is 49.6 Å². The first-order valence-corrected chi connectivity index (χ1v) is 10.8. The molecule has 7 nitrogen and oxygen atoms in total. The topological polar surface area (TPSA) is 73.9 Å². The fourth-order valence-electron chi connectivity index (χ4n) is 2.97. The van der Waals surface area contributed by atoms with Gasteiger partial charge in [0.1, 0.15) is 5.75 Å². The highest BCUT2D eigenvalue weighted by molar-refractivity contribution is 7.80. The minimum Gasteiger partial charge on any atom is -0.482 e. The molecule has 0 atom stereocenters. The normalized spacial score (nSPS) is 14.1. The second-order valence-corrected chi connectivity index (χ2v) is 8.23. The zero-order chi connectivity index (χ0) is 22.4. The molecule has 0 unspecified atom stereocenters. The molecule has 164 valence electrons. The smallest absolute Gasteiger partial charge is 0.264 e. The monoisotopic (exact) mass is 480 g/mol.